The van der Waals surface area contributed by atoms with Gasteiger partial charge >= 0.3 is 5.63 Å². The molecule has 0 saturated heterocycles. The highest BCUT2D eigenvalue weighted by molar-refractivity contribution is 5.86. The summed E-state index contributed by atoms with van der Waals surface area (Å²) in [4.78, 5) is 11.9. The van der Waals surface area contributed by atoms with Gasteiger partial charge in [0.25, 0.3) is 0 Å². The summed E-state index contributed by atoms with van der Waals surface area (Å²) in [6, 6.07) is 4.70. The number of aromatic hydroxyl groups is 1. The smallest absolute Gasteiger partial charge is 0.383 e. The fourth-order valence-electron chi connectivity index (χ4n) is 2.05. The van der Waals surface area contributed by atoms with E-state index >= 15 is 0 Å². The van der Waals surface area contributed by atoms with E-state index in [1.54, 1.807) is 12.1 Å². The first-order valence-electron chi connectivity index (χ1n) is 7.33. The minimum absolute atomic E-state index is 0.113. The van der Waals surface area contributed by atoms with Crippen molar-refractivity contribution in [2.75, 3.05) is 19.8 Å². The van der Waals surface area contributed by atoms with E-state index in [4.69, 9.17) is 19.0 Å². The lowest BCUT2D eigenvalue weighted by Gasteiger charge is -2.09. The summed E-state index contributed by atoms with van der Waals surface area (Å²) in [6.07, 6.45) is 2.84. The molecule has 22 heavy (non-hydrogen) atoms. The summed E-state index contributed by atoms with van der Waals surface area (Å²) in [5.74, 6) is 0.0600. The van der Waals surface area contributed by atoms with Crippen molar-refractivity contribution in [3.63, 3.8) is 0 Å². The maximum Gasteiger partial charge on any atom is 0.383 e. The molecule has 0 bridgehead atoms. The van der Waals surface area contributed by atoms with Crippen molar-refractivity contribution < 1.29 is 24.1 Å². The van der Waals surface area contributed by atoms with Crippen LogP contribution >= 0.6 is 0 Å². The van der Waals surface area contributed by atoms with E-state index in [1.165, 1.54) is 6.07 Å². The second kappa shape index (κ2) is 7.70. The molecule has 2 aromatic rings. The molecule has 1 heterocycles. The summed E-state index contributed by atoms with van der Waals surface area (Å²) in [5, 5.41) is 19.3. The quantitative estimate of drug-likeness (QED) is 0.575. The summed E-state index contributed by atoms with van der Waals surface area (Å²) in [6.45, 7) is 2.45. The van der Waals surface area contributed by atoms with Crippen molar-refractivity contribution in [2.45, 2.75) is 26.2 Å². The van der Waals surface area contributed by atoms with Crippen LogP contribution in [0.5, 0.6) is 17.2 Å². The van der Waals surface area contributed by atoms with Crippen molar-refractivity contribution in [3.05, 3.63) is 28.6 Å². The van der Waals surface area contributed by atoms with Gasteiger partial charge in [-0.15, -0.1) is 0 Å². The standard InChI is InChI=1S/C16H20O6/c1-2-3-4-8-21-15-14(18)12-6-5-11(20-9-7-17)10-13(12)22-16(15)19/h5-6,10,17-18H,2-4,7-9H2,1H3. The zero-order valence-electron chi connectivity index (χ0n) is 12.5. The molecule has 0 spiro atoms. The molecule has 1 aromatic heterocycles. The van der Waals surface area contributed by atoms with Gasteiger partial charge in [0, 0.05) is 6.07 Å². The lowest BCUT2D eigenvalue weighted by Crippen LogP contribution is -2.08. The monoisotopic (exact) mass is 308 g/mol. The summed E-state index contributed by atoms with van der Waals surface area (Å²) < 4.78 is 15.8. The van der Waals surface area contributed by atoms with Gasteiger partial charge < -0.3 is 24.1 Å². The van der Waals surface area contributed by atoms with Crippen LogP contribution in [0.25, 0.3) is 11.0 Å². The van der Waals surface area contributed by atoms with E-state index in [0.717, 1.165) is 19.3 Å². The van der Waals surface area contributed by atoms with Crippen LogP contribution in [0.1, 0.15) is 26.2 Å². The molecule has 2 N–H and O–H groups in total. The van der Waals surface area contributed by atoms with Crippen molar-refractivity contribution in [2.24, 2.45) is 0 Å². The molecule has 120 valence electrons. The van der Waals surface area contributed by atoms with Crippen LogP contribution in [0, 0.1) is 0 Å². The number of aliphatic hydroxyl groups excluding tert-OH is 1. The number of ether oxygens (including phenoxy) is 2. The molecule has 0 amide bonds. The van der Waals surface area contributed by atoms with Crippen LogP contribution < -0.4 is 15.1 Å². The minimum Gasteiger partial charge on any atom is -0.504 e. The Kier molecular flexibility index (Phi) is 5.66. The lowest BCUT2D eigenvalue weighted by atomic mass is 10.2. The predicted octanol–water partition coefficient (Wildman–Crippen LogP) is 2.44. The first kappa shape index (κ1) is 16.2. The van der Waals surface area contributed by atoms with E-state index in [0.29, 0.717) is 17.7 Å². The van der Waals surface area contributed by atoms with Crippen LogP contribution in [0.2, 0.25) is 0 Å². The van der Waals surface area contributed by atoms with Crippen LogP contribution in [0.4, 0.5) is 0 Å². The fourth-order valence-corrected chi connectivity index (χ4v) is 2.05. The summed E-state index contributed by atoms with van der Waals surface area (Å²) >= 11 is 0. The average molecular weight is 308 g/mol. The number of hydrogen-bond acceptors (Lipinski definition) is 6. The second-order valence-corrected chi connectivity index (χ2v) is 4.85. The van der Waals surface area contributed by atoms with Gasteiger partial charge in [-0.2, -0.15) is 0 Å². The van der Waals surface area contributed by atoms with E-state index < -0.39 is 5.63 Å². The summed E-state index contributed by atoms with van der Waals surface area (Å²) in [7, 11) is 0. The lowest BCUT2D eigenvalue weighted by molar-refractivity contribution is 0.201. The number of unbranched alkanes of at least 4 members (excludes halogenated alkanes) is 2. The molecule has 0 saturated carbocycles. The average Bonchev–Trinajstić information content (AvgIpc) is 2.51. The third-order valence-corrected chi connectivity index (χ3v) is 3.17. The number of rotatable bonds is 8. The zero-order chi connectivity index (χ0) is 15.9. The molecule has 2 rings (SSSR count). The molecule has 1 aromatic carbocycles. The highest BCUT2D eigenvalue weighted by Gasteiger charge is 2.15. The Bertz CT molecular complexity index is 676. The molecule has 6 heteroatoms. The highest BCUT2D eigenvalue weighted by atomic mass is 16.5. The highest BCUT2D eigenvalue weighted by Crippen LogP contribution is 2.33. The maximum atomic E-state index is 11.9. The Morgan fingerprint density at radius 1 is 1.18 bits per heavy atom. The maximum absolute atomic E-state index is 11.9. The van der Waals surface area contributed by atoms with Crippen LogP contribution in [-0.2, 0) is 0 Å². The molecule has 0 aliphatic rings. The molecule has 0 aliphatic heterocycles. The number of benzene rings is 1. The van der Waals surface area contributed by atoms with E-state index in [-0.39, 0.29) is 30.3 Å². The van der Waals surface area contributed by atoms with Gasteiger partial charge in [-0.1, -0.05) is 19.8 Å². The Balaban J connectivity index is 2.27. The second-order valence-electron chi connectivity index (χ2n) is 4.85. The Labute approximate surface area is 127 Å². The SMILES string of the molecule is CCCCCOc1c(O)c2ccc(OCCO)cc2oc1=O. The van der Waals surface area contributed by atoms with Crippen molar-refractivity contribution in [1.82, 2.24) is 0 Å². The summed E-state index contributed by atoms with van der Waals surface area (Å²) in [5.41, 5.74) is -0.514. The van der Waals surface area contributed by atoms with Gasteiger partial charge in [0.05, 0.1) is 18.6 Å². The fraction of sp³-hybridized carbons (Fsp3) is 0.438. The number of fused-ring (bicyclic) bond motifs is 1. The van der Waals surface area contributed by atoms with Gasteiger partial charge in [-0.05, 0) is 18.6 Å². The Morgan fingerprint density at radius 2 is 2.00 bits per heavy atom. The predicted molar refractivity (Wildman–Crippen MR) is 81.7 cm³/mol. The molecule has 0 radical (unpaired) electrons. The van der Waals surface area contributed by atoms with Gasteiger partial charge in [0.1, 0.15) is 17.9 Å². The minimum atomic E-state index is -0.721. The van der Waals surface area contributed by atoms with Crippen LogP contribution in [0.15, 0.2) is 27.4 Å². The van der Waals surface area contributed by atoms with Gasteiger partial charge in [-0.25, -0.2) is 4.79 Å². The number of aliphatic hydroxyl groups is 1. The third-order valence-electron chi connectivity index (χ3n) is 3.17. The van der Waals surface area contributed by atoms with Gasteiger partial charge in [-0.3, -0.25) is 0 Å². The normalized spacial score (nSPS) is 10.8. The molecule has 6 nitrogen and oxygen atoms in total. The molecule has 0 aliphatic carbocycles. The van der Waals surface area contributed by atoms with Crippen molar-refractivity contribution >= 4 is 11.0 Å². The van der Waals surface area contributed by atoms with E-state index in [2.05, 4.69) is 6.92 Å². The molecule has 0 unspecified atom stereocenters. The molecular formula is C16H20O6. The molecular weight excluding hydrogens is 288 g/mol. The Hall–Kier alpha value is -2.21. The third kappa shape index (κ3) is 3.71. The molecule has 0 atom stereocenters. The first-order chi connectivity index (χ1) is 10.7. The van der Waals surface area contributed by atoms with Crippen molar-refractivity contribution in [1.29, 1.82) is 0 Å². The van der Waals surface area contributed by atoms with Crippen LogP contribution in [-0.4, -0.2) is 30.0 Å². The first-order valence-corrected chi connectivity index (χ1v) is 7.33. The zero-order valence-corrected chi connectivity index (χ0v) is 12.5. The van der Waals surface area contributed by atoms with Crippen LogP contribution in [0.3, 0.4) is 0 Å². The number of hydrogen-bond donors (Lipinski definition) is 2. The van der Waals surface area contributed by atoms with Gasteiger partial charge in [0.15, 0.2) is 5.75 Å². The molecule has 0 fully saturated rings. The van der Waals surface area contributed by atoms with E-state index in [1.807, 2.05) is 0 Å². The van der Waals surface area contributed by atoms with E-state index in [9.17, 15) is 9.90 Å². The van der Waals surface area contributed by atoms with Gasteiger partial charge in [0.2, 0.25) is 5.75 Å². The largest absolute Gasteiger partial charge is 0.504 e. The Morgan fingerprint density at radius 3 is 2.73 bits per heavy atom. The topological polar surface area (TPSA) is 89.1 Å². The van der Waals surface area contributed by atoms with Crippen molar-refractivity contribution in [3.8, 4) is 17.2 Å².